The fourth-order valence-electron chi connectivity index (χ4n) is 3.06. The Labute approximate surface area is 111 Å². The van der Waals surface area contributed by atoms with Crippen molar-refractivity contribution in [1.29, 1.82) is 0 Å². The summed E-state index contributed by atoms with van der Waals surface area (Å²) in [6.45, 7) is 0.0639. The van der Waals surface area contributed by atoms with Gasteiger partial charge in [0, 0.05) is 18.1 Å². The second-order valence-corrected chi connectivity index (χ2v) is 5.07. The van der Waals surface area contributed by atoms with Crippen LogP contribution in [0, 0.1) is 5.92 Å². The van der Waals surface area contributed by atoms with E-state index in [0.29, 0.717) is 5.56 Å². The Morgan fingerprint density at radius 3 is 2.58 bits per heavy atom. The largest absolute Gasteiger partial charge is 0.508 e. The zero-order chi connectivity index (χ0) is 13.4. The van der Waals surface area contributed by atoms with Crippen molar-refractivity contribution in [3.8, 4) is 11.5 Å². The Balaban J connectivity index is 2.14. The van der Waals surface area contributed by atoms with Crippen LogP contribution in [-0.4, -0.2) is 21.9 Å². The molecule has 1 aliphatic carbocycles. The molecule has 0 radical (unpaired) electrons. The molecule has 0 aliphatic heterocycles. The molecule has 2 aromatic rings. The zero-order valence-corrected chi connectivity index (χ0v) is 10.5. The van der Waals surface area contributed by atoms with Gasteiger partial charge in [-0.15, -0.1) is 0 Å². The van der Waals surface area contributed by atoms with Crippen LogP contribution in [0.4, 0.5) is 0 Å². The molecule has 0 saturated heterocycles. The summed E-state index contributed by atoms with van der Waals surface area (Å²) >= 11 is 0. The van der Waals surface area contributed by atoms with Gasteiger partial charge in [0.25, 0.3) is 0 Å². The summed E-state index contributed by atoms with van der Waals surface area (Å²) in [6.07, 6.45) is 0.798. The van der Waals surface area contributed by atoms with Crippen LogP contribution in [0.5, 0.6) is 11.5 Å². The van der Waals surface area contributed by atoms with Gasteiger partial charge in [0.05, 0.1) is 0 Å². The monoisotopic (exact) mass is 256 g/mol. The molecule has 0 saturated carbocycles. The molecule has 3 heteroatoms. The number of phenols is 2. The second-order valence-electron chi connectivity index (χ2n) is 5.07. The average Bonchev–Trinajstić information content (AvgIpc) is 2.80. The third kappa shape index (κ3) is 1.96. The Morgan fingerprint density at radius 2 is 1.79 bits per heavy atom. The number of fused-ring (bicyclic) bond motifs is 1. The molecule has 3 rings (SSSR count). The van der Waals surface area contributed by atoms with E-state index in [1.165, 1.54) is 17.7 Å². The maximum Gasteiger partial charge on any atom is 0.119 e. The van der Waals surface area contributed by atoms with Crippen molar-refractivity contribution in [2.75, 3.05) is 6.61 Å². The Bertz CT molecular complexity index is 607. The van der Waals surface area contributed by atoms with E-state index in [9.17, 15) is 15.3 Å². The maximum absolute atomic E-state index is 10.0. The van der Waals surface area contributed by atoms with Gasteiger partial charge in [0.15, 0.2) is 0 Å². The molecule has 98 valence electrons. The smallest absolute Gasteiger partial charge is 0.119 e. The van der Waals surface area contributed by atoms with E-state index in [-0.39, 0.29) is 29.9 Å². The number of benzene rings is 2. The standard InChI is InChI=1S/C16H16O3/c17-9-11-7-10-3-1-2-4-13(10)16(11)14-8-12(18)5-6-15(14)19/h1-6,8,11,16-19H,7,9H2/t11-,16-/m0/s1. The van der Waals surface area contributed by atoms with E-state index >= 15 is 0 Å². The van der Waals surface area contributed by atoms with Crippen LogP contribution in [0.25, 0.3) is 0 Å². The van der Waals surface area contributed by atoms with Gasteiger partial charge in [-0.05, 0) is 41.7 Å². The summed E-state index contributed by atoms with van der Waals surface area (Å²) in [4.78, 5) is 0. The second kappa shape index (κ2) is 4.59. The number of aliphatic hydroxyl groups is 1. The fraction of sp³-hybridized carbons (Fsp3) is 0.250. The van der Waals surface area contributed by atoms with Crippen LogP contribution >= 0.6 is 0 Å². The van der Waals surface area contributed by atoms with E-state index in [1.807, 2.05) is 18.2 Å². The number of aliphatic hydroxyl groups excluding tert-OH is 1. The number of hydrogen-bond acceptors (Lipinski definition) is 3. The van der Waals surface area contributed by atoms with Crippen molar-refractivity contribution in [3.05, 3.63) is 59.2 Å². The summed E-state index contributed by atoms with van der Waals surface area (Å²) in [5.41, 5.74) is 3.01. The molecule has 0 heterocycles. The van der Waals surface area contributed by atoms with Gasteiger partial charge in [-0.3, -0.25) is 0 Å². The molecular weight excluding hydrogens is 240 g/mol. The van der Waals surface area contributed by atoms with E-state index in [1.54, 1.807) is 6.07 Å². The highest BCUT2D eigenvalue weighted by Gasteiger charge is 2.34. The molecule has 0 spiro atoms. The molecule has 3 nitrogen and oxygen atoms in total. The number of rotatable bonds is 2. The lowest BCUT2D eigenvalue weighted by Crippen LogP contribution is -2.13. The molecule has 0 amide bonds. The molecule has 1 aliphatic rings. The highest BCUT2D eigenvalue weighted by atomic mass is 16.3. The minimum absolute atomic E-state index is 0.0464. The van der Waals surface area contributed by atoms with Crippen molar-refractivity contribution in [1.82, 2.24) is 0 Å². The molecule has 0 unspecified atom stereocenters. The molecule has 2 atom stereocenters. The summed E-state index contributed by atoms with van der Waals surface area (Å²) in [7, 11) is 0. The van der Waals surface area contributed by atoms with Gasteiger partial charge in [-0.25, -0.2) is 0 Å². The third-order valence-corrected chi connectivity index (χ3v) is 3.92. The highest BCUT2D eigenvalue weighted by molar-refractivity contribution is 5.50. The van der Waals surface area contributed by atoms with Crippen molar-refractivity contribution < 1.29 is 15.3 Å². The SMILES string of the molecule is OC[C@@H]1Cc2ccccc2[C@H]1c1cc(O)ccc1O. The van der Waals surface area contributed by atoms with Crippen LogP contribution in [0.1, 0.15) is 22.6 Å². The topological polar surface area (TPSA) is 60.7 Å². The molecule has 0 aromatic heterocycles. The average molecular weight is 256 g/mol. The Hall–Kier alpha value is -2.00. The molecule has 19 heavy (non-hydrogen) atoms. The van der Waals surface area contributed by atoms with E-state index < -0.39 is 0 Å². The molecule has 0 fully saturated rings. The third-order valence-electron chi connectivity index (χ3n) is 3.92. The first-order valence-corrected chi connectivity index (χ1v) is 6.41. The number of hydrogen-bond donors (Lipinski definition) is 3. The van der Waals surface area contributed by atoms with Gasteiger partial charge >= 0.3 is 0 Å². The summed E-state index contributed by atoms with van der Waals surface area (Å²) in [5.74, 6) is 0.283. The first-order valence-electron chi connectivity index (χ1n) is 6.41. The van der Waals surface area contributed by atoms with Crippen molar-refractivity contribution in [2.24, 2.45) is 5.92 Å². The number of phenolic OH excluding ortho intramolecular Hbond substituents is 2. The van der Waals surface area contributed by atoms with Gasteiger partial charge in [0.1, 0.15) is 11.5 Å². The number of aromatic hydroxyl groups is 2. The van der Waals surface area contributed by atoms with Crippen molar-refractivity contribution >= 4 is 0 Å². The quantitative estimate of drug-likeness (QED) is 0.723. The summed E-state index contributed by atoms with van der Waals surface area (Å²) < 4.78 is 0. The lowest BCUT2D eigenvalue weighted by molar-refractivity contribution is 0.220. The van der Waals surface area contributed by atoms with Crippen LogP contribution < -0.4 is 0 Å². The van der Waals surface area contributed by atoms with Crippen LogP contribution in [0.3, 0.4) is 0 Å². The minimum atomic E-state index is -0.0618. The van der Waals surface area contributed by atoms with Crippen molar-refractivity contribution in [2.45, 2.75) is 12.3 Å². The first kappa shape index (κ1) is 12.1. The summed E-state index contributed by atoms with van der Waals surface area (Å²) in [6, 6.07) is 12.6. The van der Waals surface area contributed by atoms with Gasteiger partial charge in [-0.2, -0.15) is 0 Å². The predicted molar refractivity (Wildman–Crippen MR) is 72.3 cm³/mol. The van der Waals surface area contributed by atoms with Crippen LogP contribution in [0.2, 0.25) is 0 Å². The van der Waals surface area contributed by atoms with Gasteiger partial charge in [-0.1, -0.05) is 24.3 Å². The van der Waals surface area contributed by atoms with E-state index in [2.05, 4.69) is 6.07 Å². The van der Waals surface area contributed by atoms with Crippen LogP contribution in [0.15, 0.2) is 42.5 Å². The maximum atomic E-state index is 10.0. The summed E-state index contributed by atoms with van der Waals surface area (Å²) in [5, 5.41) is 29.3. The molecule has 2 aromatic carbocycles. The Kier molecular flexibility index (Phi) is 2.91. The molecular formula is C16H16O3. The van der Waals surface area contributed by atoms with E-state index in [4.69, 9.17) is 0 Å². The van der Waals surface area contributed by atoms with Crippen LogP contribution in [-0.2, 0) is 6.42 Å². The Morgan fingerprint density at radius 1 is 1.00 bits per heavy atom. The zero-order valence-electron chi connectivity index (χ0n) is 10.5. The molecule has 0 bridgehead atoms. The van der Waals surface area contributed by atoms with Crippen molar-refractivity contribution in [3.63, 3.8) is 0 Å². The minimum Gasteiger partial charge on any atom is -0.508 e. The highest BCUT2D eigenvalue weighted by Crippen LogP contribution is 2.45. The van der Waals surface area contributed by atoms with E-state index in [0.717, 1.165) is 12.0 Å². The first-order chi connectivity index (χ1) is 9.20. The fourth-order valence-corrected chi connectivity index (χ4v) is 3.06. The molecule has 3 N–H and O–H groups in total. The lowest BCUT2D eigenvalue weighted by atomic mass is 9.85. The van der Waals surface area contributed by atoms with Gasteiger partial charge in [0.2, 0.25) is 0 Å². The lowest BCUT2D eigenvalue weighted by Gasteiger charge is -2.20. The normalized spacial score (nSPS) is 21.3. The predicted octanol–water partition coefficient (Wildman–Crippen LogP) is 2.39. The van der Waals surface area contributed by atoms with Gasteiger partial charge < -0.3 is 15.3 Å².